The molecule has 210 valence electrons. The summed E-state index contributed by atoms with van der Waals surface area (Å²) < 4.78 is 0.719. The predicted octanol–water partition coefficient (Wildman–Crippen LogP) is 2.79. The predicted molar refractivity (Wildman–Crippen MR) is 156 cm³/mol. The minimum absolute atomic E-state index is 0.0552. The number of aromatic amines is 1. The first-order chi connectivity index (χ1) is 19.8. The Morgan fingerprint density at radius 1 is 1.22 bits per heavy atom. The standard InChI is InChI=1S/C25H21N7O5S4/c1-11-30-31-25(41-11)40-10-12-9-39-23-17(22(35)32(23)18(12)24(36)37)29-20(33)16(15-7-4-8-38-15)28-21(34)19-26-13-5-2-3-6-14(13)27-19/h2-8,16-17,23H,9-10H2,1H3,(H,26,27)(H,28,34)(H,29,33)(H,36,37)/t16?,17?,23-/m0/s1. The van der Waals surface area contributed by atoms with Gasteiger partial charge in [0.1, 0.15) is 28.2 Å². The summed E-state index contributed by atoms with van der Waals surface area (Å²) in [5.41, 5.74) is 1.83. The number of carbonyl (C=O) groups is 4. The highest BCUT2D eigenvalue weighted by Gasteiger charge is 2.54. The zero-order chi connectivity index (χ0) is 28.7. The first-order valence-corrected chi connectivity index (χ1v) is 16.0. The van der Waals surface area contributed by atoms with E-state index < -0.39 is 41.1 Å². The van der Waals surface area contributed by atoms with Crippen molar-refractivity contribution >= 4 is 80.9 Å². The highest BCUT2D eigenvalue weighted by molar-refractivity contribution is 8.01. The average Bonchev–Trinajstić information content (AvgIpc) is 3.73. The van der Waals surface area contributed by atoms with E-state index in [1.807, 2.05) is 13.0 Å². The number of carboxylic acids is 1. The summed E-state index contributed by atoms with van der Waals surface area (Å²) in [4.78, 5) is 61.0. The number of hydrogen-bond acceptors (Lipinski definition) is 11. The fraction of sp³-hybridized carbons (Fsp3) is 0.240. The van der Waals surface area contributed by atoms with E-state index in [9.17, 15) is 24.3 Å². The third-order valence-corrected chi connectivity index (χ3v) is 10.7. The molecule has 2 aliphatic rings. The third-order valence-electron chi connectivity index (χ3n) is 6.39. The van der Waals surface area contributed by atoms with Crippen LogP contribution in [0.1, 0.15) is 26.5 Å². The maximum atomic E-state index is 13.5. The van der Waals surface area contributed by atoms with Crippen LogP contribution >= 0.6 is 46.2 Å². The van der Waals surface area contributed by atoms with Crippen molar-refractivity contribution in [1.29, 1.82) is 0 Å². The summed E-state index contributed by atoms with van der Waals surface area (Å²) in [6, 6.07) is 8.64. The number of β-lactam (4-membered cyclic amide) rings is 1. The van der Waals surface area contributed by atoms with E-state index in [-0.39, 0.29) is 11.5 Å². The molecule has 12 nitrogen and oxygen atoms in total. The van der Waals surface area contributed by atoms with E-state index >= 15 is 0 Å². The van der Waals surface area contributed by atoms with E-state index in [2.05, 4.69) is 30.8 Å². The number of imidazole rings is 1. The summed E-state index contributed by atoms with van der Waals surface area (Å²) in [6.07, 6.45) is 0. The van der Waals surface area contributed by atoms with Gasteiger partial charge in [0.05, 0.1) is 11.0 Å². The van der Waals surface area contributed by atoms with Crippen molar-refractivity contribution < 1.29 is 24.3 Å². The van der Waals surface area contributed by atoms with Gasteiger partial charge in [-0.15, -0.1) is 33.3 Å². The largest absolute Gasteiger partial charge is 0.477 e. The second kappa shape index (κ2) is 11.3. The molecule has 1 fully saturated rings. The molecule has 41 heavy (non-hydrogen) atoms. The molecule has 0 saturated carbocycles. The van der Waals surface area contributed by atoms with Crippen molar-refractivity contribution in [2.45, 2.75) is 28.7 Å². The zero-order valence-electron chi connectivity index (χ0n) is 21.2. The maximum absolute atomic E-state index is 13.5. The van der Waals surface area contributed by atoms with Gasteiger partial charge in [-0.3, -0.25) is 19.3 Å². The number of rotatable bonds is 9. The highest BCUT2D eigenvalue weighted by Crippen LogP contribution is 2.42. The van der Waals surface area contributed by atoms with Crippen molar-refractivity contribution in [3.8, 4) is 0 Å². The molecular formula is C25H21N7O5S4. The molecule has 5 heterocycles. The number of thiophene rings is 1. The van der Waals surface area contributed by atoms with Gasteiger partial charge >= 0.3 is 5.97 Å². The number of thioether (sulfide) groups is 2. The lowest BCUT2D eigenvalue weighted by Crippen LogP contribution is -2.71. The summed E-state index contributed by atoms with van der Waals surface area (Å²) >= 11 is 5.45. The molecular weight excluding hydrogens is 607 g/mol. The number of benzene rings is 1. The van der Waals surface area contributed by atoms with E-state index in [1.54, 1.807) is 35.7 Å². The van der Waals surface area contributed by atoms with Crippen LogP contribution in [0.4, 0.5) is 0 Å². The second-order valence-electron chi connectivity index (χ2n) is 9.05. The Hall–Kier alpha value is -3.73. The summed E-state index contributed by atoms with van der Waals surface area (Å²) in [7, 11) is 0. The van der Waals surface area contributed by atoms with Gasteiger partial charge in [0.25, 0.3) is 11.8 Å². The van der Waals surface area contributed by atoms with E-state index in [1.165, 1.54) is 51.1 Å². The average molecular weight is 628 g/mol. The molecule has 3 amide bonds. The van der Waals surface area contributed by atoms with Gasteiger partial charge in [-0.05, 0) is 36.1 Å². The van der Waals surface area contributed by atoms with Crippen molar-refractivity contribution in [2.24, 2.45) is 0 Å². The van der Waals surface area contributed by atoms with E-state index in [0.29, 0.717) is 33.0 Å². The SMILES string of the molecule is Cc1nnc(SCC2=C(C(=O)O)N3C(=O)C(NC(=O)C(NC(=O)c4nc5ccccc5[nH]4)c4cccs4)[C@@H]3SC2)s1. The van der Waals surface area contributed by atoms with E-state index in [4.69, 9.17) is 0 Å². The highest BCUT2D eigenvalue weighted by atomic mass is 32.2. The van der Waals surface area contributed by atoms with Gasteiger partial charge in [-0.25, -0.2) is 9.78 Å². The van der Waals surface area contributed by atoms with Gasteiger partial charge in [0.2, 0.25) is 5.91 Å². The Kier molecular flexibility index (Phi) is 7.54. The quantitative estimate of drug-likeness (QED) is 0.160. The minimum atomic E-state index is -1.20. The van der Waals surface area contributed by atoms with Crippen molar-refractivity contribution in [1.82, 2.24) is 35.7 Å². The number of aromatic nitrogens is 4. The number of para-hydroxylation sites is 2. The molecule has 3 atom stereocenters. The number of amides is 3. The molecule has 1 aromatic carbocycles. The normalized spacial score (nSPS) is 19.0. The molecule has 0 aliphatic carbocycles. The zero-order valence-corrected chi connectivity index (χ0v) is 24.5. The molecule has 0 spiro atoms. The van der Waals surface area contributed by atoms with Crippen LogP contribution in [0.25, 0.3) is 11.0 Å². The molecule has 0 radical (unpaired) electrons. The van der Waals surface area contributed by atoms with Gasteiger partial charge < -0.3 is 20.7 Å². The number of nitrogens with zero attached hydrogens (tertiary/aromatic N) is 4. The van der Waals surface area contributed by atoms with Crippen LogP contribution in [0.3, 0.4) is 0 Å². The fourth-order valence-electron chi connectivity index (χ4n) is 4.50. The molecule has 0 bridgehead atoms. The van der Waals surface area contributed by atoms with Crippen molar-refractivity contribution in [3.05, 3.63) is 68.8 Å². The van der Waals surface area contributed by atoms with Crippen LogP contribution < -0.4 is 10.6 Å². The molecule has 2 unspecified atom stereocenters. The third kappa shape index (κ3) is 5.35. The van der Waals surface area contributed by atoms with Crippen LogP contribution in [-0.4, -0.2) is 76.8 Å². The molecule has 2 aliphatic heterocycles. The Bertz CT molecular complexity index is 1670. The number of hydrogen-bond donors (Lipinski definition) is 4. The number of H-pyrrole nitrogens is 1. The summed E-state index contributed by atoms with van der Waals surface area (Å²) in [6.45, 7) is 1.84. The molecule has 3 aromatic heterocycles. The molecule has 16 heteroatoms. The second-order valence-corrected chi connectivity index (χ2v) is 13.5. The summed E-state index contributed by atoms with van der Waals surface area (Å²) in [5.74, 6) is -2.09. The van der Waals surface area contributed by atoms with Gasteiger partial charge in [0, 0.05) is 16.4 Å². The number of carbonyl (C=O) groups excluding carboxylic acids is 3. The van der Waals surface area contributed by atoms with Crippen LogP contribution in [0.2, 0.25) is 0 Å². The monoisotopic (exact) mass is 627 g/mol. The fourth-order valence-corrected chi connectivity index (χ4v) is 8.57. The first-order valence-electron chi connectivity index (χ1n) is 12.2. The van der Waals surface area contributed by atoms with E-state index in [0.717, 1.165) is 9.35 Å². The van der Waals surface area contributed by atoms with Gasteiger partial charge in [0.15, 0.2) is 10.2 Å². The maximum Gasteiger partial charge on any atom is 0.352 e. The molecule has 4 N–H and O–H groups in total. The first kappa shape index (κ1) is 27.4. The number of aliphatic carboxylic acids is 1. The summed E-state index contributed by atoms with van der Waals surface area (Å²) in [5, 5.41) is 25.5. The molecule has 1 saturated heterocycles. The lowest BCUT2D eigenvalue weighted by Gasteiger charge is -2.49. The number of aryl methyl sites for hydroxylation is 1. The van der Waals surface area contributed by atoms with Crippen molar-refractivity contribution in [2.75, 3.05) is 11.5 Å². The Morgan fingerprint density at radius 2 is 2.05 bits per heavy atom. The van der Waals surface area contributed by atoms with Crippen LogP contribution in [0.5, 0.6) is 0 Å². The number of carboxylic acid groups (broad SMARTS) is 1. The lowest BCUT2D eigenvalue weighted by molar-refractivity contribution is -0.150. The van der Waals surface area contributed by atoms with Crippen LogP contribution in [0.15, 0.2) is 57.4 Å². The minimum Gasteiger partial charge on any atom is -0.477 e. The molecule has 4 aromatic rings. The Balaban J connectivity index is 1.17. The lowest BCUT2D eigenvalue weighted by atomic mass is 10.0. The molecule has 6 rings (SSSR count). The van der Waals surface area contributed by atoms with Crippen LogP contribution in [0, 0.1) is 6.92 Å². The number of fused-ring (bicyclic) bond motifs is 2. The topological polar surface area (TPSA) is 170 Å². The van der Waals surface area contributed by atoms with Crippen LogP contribution in [-0.2, 0) is 14.4 Å². The van der Waals surface area contributed by atoms with Gasteiger partial charge in [-0.1, -0.05) is 41.3 Å². The Morgan fingerprint density at radius 3 is 2.76 bits per heavy atom. The van der Waals surface area contributed by atoms with Crippen molar-refractivity contribution in [3.63, 3.8) is 0 Å². The van der Waals surface area contributed by atoms with Gasteiger partial charge in [-0.2, -0.15) is 0 Å². The number of nitrogens with one attached hydrogen (secondary N) is 3. The Labute approximate surface area is 249 Å². The smallest absolute Gasteiger partial charge is 0.352 e.